The van der Waals surface area contributed by atoms with Crippen LogP contribution in [0.2, 0.25) is 5.02 Å². The Kier molecular flexibility index (Phi) is 5.56. The van der Waals surface area contributed by atoms with Gasteiger partial charge in [0.1, 0.15) is 23.4 Å². The molecule has 1 aromatic heterocycles. The van der Waals surface area contributed by atoms with Crippen LogP contribution in [0.25, 0.3) is 11.3 Å². The summed E-state index contributed by atoms with van der Waals surface area (Å²) >= 11 is 6.13. The van der Waals surface area contributed by atoms with Gasteiger partial charge in [-0.3, -0.25) is 9.59 Å². The summed E-state index contributed by atoms with van der Waals surface area (Å²) in [6.07, 6.45) is -0.0317. The van der Waals surface area contributed by atoms with Crippen molar-refractivity contribution in [1.82, 2.24) is 9.78 Å². The molecule has 0 saturated carbocycles. The molecular formula is C22H21ClN4O4. The summed E-state index contributed by atoms with van der Waals surface area (Å²) in [5, 5.41) is 10.9. The smallest absolute Gasteiger partial charge is 0.249 e. The molecule has 2 aromatic carbocycles. The largest absolute Gasteiger partial charge is 0.497 e. The van der Waals surface area contributed by atoms with Crippen LogP contribution >= 0.6 is 11.6 Å². The van der Waals surface area contributed by atoms with Gasteiger partial charge < -0.3 is 20.1 Å². The minimum Gasteiger partial charge on any atom is -0.497 e. The molecule has 0 saturated heterocycles. The minimum atomic E-state index is -0.812. The molecule has 1 aliphatic rings. The molecule has 3 aromatic rings. The maximum absolute atomic E-state index is 13.1. The van der Waals surface area contributed by atoms with Crippen LogP contribution in [0.3, 0.4) is 0 Å². The van der Waals surface area contributed by atoms with Crippen molar-refractivity contribution < 1.29 is 19.1 Å². The lowest BCUT2D eigenvalue weighted by Crippen LogP contribution is -2.35. The molecule has 0 spiro atoms. The van der Waals surface area contributed by atoms with Crippen LogP contribution in [0.5, 0.6) is 11.5 Å². The van der Waals surface area contributed by atoms with Crippen LogP contribution in [0.4, 0.5) is 11.5 Å². The fraction of sp³-hybridized carbons (Fsp3) is 0.227. The van der Waals surface area contributed by atoms with Gasteiger partial charge in [0.25, 0.3) is 0 Å². The zero-order valence-electron chi connectivity index (χ0n) is 17.2. The number of carbonyl (C=O) groups excluding carboxylic acids is 2. The number of anilines is 2. The fourth-order valence-electron chi connectivity index (χ4n) is 3.56. The van der Waals surface area contributed by atoms with Gasteiger partial charge in [-0.05, 0) is 19.1 Å². The number of methoxy groups -OCH3 is 2. The average molecular weight is 441 g/mol. The third-order valence-electron chi connectivity index (χ3n) is 5.10. The Morgan fingerprint density at radius 1 is 1.19 bits per heavy atom. The molecule has 160 valence electrons. The lowest BCUT2D eigenvalue weighted by molar-refractivity contribution is -0.125. The van der Waals surface area contributed by atoms with Gasteiger partial charge in [-0.15, -0.1) is 0 Å². The molecule has 2 N–H and O–H groups in total. The first-order valence-electron chi connectivity index (χ1n) is 9.58. The SMILES string of the molecule is COc1cc(NC(=O)[C@@H]2CC(=O)Nc3c(C)c(-c4cccc(Cl)c4)nn32)cc(OC)c1. The van der Waals surface area contributed by atoms with E-state index in [1.807, 2.05) is 19.1 Å². The van der Waals surface area contributed by atoms with Gasteiger partial charge in [0.15, 0.2) is 0 Å². The fourth-order valence-corrected chi connectivity index (χ4v) is 3.75. The maximum Gasteiger partial charge on any atom is 0.249 e. The first kappa shape index (κ1) is 20.7. The maximum atomic E-state index is 13.1. The van der Waals surface area contributed by atoms with Crippen molar-refractivity contribution in [2.24, 2.45) is 0 Å². The number of benzene rings is 2. The highest BCUT2D eigenvalue weighted by Gasteiger charge is 2.34. The second-order valence-corrected chi connectivity index (χ2v) is 7.57. The average Bonchev–Trinajstić information content (AvgIpc) is 3.09. The van der Waals surface area contributed by atoms with Gasteiger partial charge in [0.2, 0.25) is 11.8 Å². The molecule has 8 nitrogen and oxygen atoms in total. The van der Waals surface area contributed by atoms with E-state index in [9.17, 15) is 9.59 Å². The number of rotatable bonds is 5. The van der Waals surface area contributed by atoms with Crippen molar-refractivity contribution in [3.05, 3.63) is 53.1 Å². The predicted octanol–water partition coefficient (Wildman–Crippen LogP) is 4.05. The molecular weight excluding hydrogens is 420 g/mol. The highest BCUT2D eigenvalue weighted by atomic mass is 35.5. The molecule has 2 amide bonds. The summed E-state index contributed by atoms with van der Waals surface area (Å²) in [6, 6.07) is 11.5. The van der Waals surface area contributed by atoms with E-state index in [0.29, 0.717) is 33.7 Å². The second-order valence-electron chi connectivity index (χ2n) is 7.14. The molecule has 0 radical (unpaired) electrons. The summed E-state index contributed by atoms with van der Waals surface area (Å²) in [6.45, 7) is 1.85. The van der Waals surface area contributed by atoms with Crippen LogP contribution in [-0.4, -0.2) is 35.8 Å². The molecule has 0 unspecified atom stereocenters. The van der Waals surface area contributed by atoms with Crippen molar-refractivity contribution in [3.63, 3.8) is 0 Å². The molecule has 4 rings (SSSR count). The third-order valence-corrected chi connectivity index (χ3v) is 5.33. The highest BCUT2D eigenvalue weighted by Crippen LogP contribution is 2.35. The van der Waals surface area contributed by atoms with E-state index in [2.05, 4.69) is 15.7 Å². The molecule has 1 aliphatic heterocycles. The number of nitrogens with zero attached hydrogens (tertiary/aromatic N) is 2. The van der Waals surface area contributed by atoms with Crippen molar-refractivity contribution in [3.8, 4) is 22.8 Å². The van der Waals surface area contributed by atoms with E-state index in [-0.39, 0.29) is 18.2 Å². The quantitative estimate of drug-likeness (QED) is 0.624. The Bertz CT molecular complexity index is 1150. The number of fused-ring (bicyclic) bond motifs is 1. The number of aromatic nitrogens is 2. The third kappa shape index (κ3) is 4.06. The number of nitrogens with one attached hydrogen (secondary N) is 2. The van der Waals surface area contributed by atoms with E-state index in [4.69, 9.17) is 21.1 Å². The van der Waals surface area contributed by atoms with E-state index in [1.54, 1.807) is 35.0 Å². The Morgan fingerprint density at radius 3 is 2.55 bits per heavy atom. The zero-order chi connectivity index (χ0) is 22.1. The molecule has 9 heteroatoms. The topological polar surface area (TPSA) is 94.5 Å². The summed E-state index contributed by atoms with van der Waals surface area (Å²) in [7, 11) is 3.06. The first-order chi connectivity index (χ1) is 14.9. The van der Waals surface area contributed by atoms with Crippen LogP contribution in [0.1, 0.15) is 18.0 Å². The van der Waals surface area contributed by atoms with Crippen LogP contribution in [-0.2, 0) is 9.59 Å². The normalized spacial score (nSPS) is 15.1. The minimum absolute atomic E-state index is 0.0317. The number of carbonyl (C=O) groups is 2. The number of halogens is 1. The van der Waals surface area contributed by atoms with Crippen molar-refractivity contribution in [2.75, 3.05) is 24.9 Å². The van der Waals surface area contributed by atoms with Gasteiger partial charge in [-0.25, -0.2) is 4.68 Å². The second kappa shape index (κ2) is 8.31. The Morgan fingerprint density at radius 2 is 1.90 bits per heavy atom. The molecule has 2 heterocycles. The van der Waals surface area contributed by atoms with Crippen LogP contribution < -0.4 is 20.1 Å². The van der Waals surface area contributed by atoms with Gasteiger partial charge >= 0.3 is 0 Å². The lowest BCUT2D eigenvalue weighted by Gasteiger charge is -2.24. The van der Waals surface area contributed by atoms with Crippen LogP contribution in [0, 0.1) is 6.92 Å². The summed E-state index contributed by atoms with van der Waals surface area (Å²) in [4.78, 5) is 25.5. The standard InChI is InChI=1S/C22H21ClN4O4/c1-12-20(13-5-4-6-14(23)7-13)26-27-18(11-19(28)25-21(12)27)22(29)24-15-8-16(30-2)10-17(9-15)31-3/h4-10,18H,11H2,1-3H3,(H,24,29)(H,25,28)/t18-/m0/s1. The highest BCUT2D eigenvalue weighted by molar-refractivity contribution is 6.30. The molecule has 31 heavy (non-hydrogen) atoms. The Hall–Kier alpha value is -3.52. The first-order valence-corrected chi connectivity index (χ1v) is 9.96. The predicted molar refractivity (Wildman–Crippen MR) is 118 cm³/mol. The summed E-state index contributed by atoms with van der Waals surface area (Å²) < 4.78 is 12.1. The molecule has 1 atom stereocenters. The number of hydrogen-bond acceptors (Lipinski definition) is 5. The van der Waals surface area contributed by atoms with Gasteiger partial charge in [-0.2, -0.15) is 5.10 Å². The summed E-state index contributed by atoms with van der Waals surface area (Å²) in [5.74, 6) is 0.947. The van der Waals surface area contributed by atoms with Gasteiger partial charge in [0.05, 0.1) is 26.3 Å². The zero-order valence-corrected chi connectivity index (χ0v) is 18.0. The van der Waals surface area contributed by atoms with Crippen LogP contribution in [0.15, 0.2) is 42.5 Å². The van der Waals surface area contributed by atoms with Crippen molar-refractivity contribution >= 4 is 34.9 Å². The van der Waals surface area contributed by atoms with E-state index in [0.717, 1.165) is 11.1 Å². The van der Waals surface area contributed by atoms with E-state index < -0.39 is 6.04 Å². The molecule has 0 fully saturated rings. The van der Waals surface area contributed by atoms with E-state index in [1.165, 1.54) is 14.2 Å². The Balaban J connectivity index is 1.69. The summed E-state index contributed by atoms with van der Waals surface area (Å²) in [5.41, 5.74) is 2.71. The number of hydrogen-bond donors (Lipinski definition) is 2. The van der Waals surface area contributed by atoms with Gasteiger partial charge in [-0.1, -0.05) is 23.7 Å². The van der Waals surface area contributed by atoms with Gasteiger partial charge in [0, 0.05) is 40.0 Å². The molecule has 0 bridgehead atoms. The monoisotopic (exact) mass is 440 g/mol. The van der Waals surface area contributed by atoms with Crippen molar-refractivity contribution in [1.29, 1.82) is 0 Å². The number of amides is 2. The van der Waals surface area contributed by atoms with E-state index >= 15 is 0 Å². The molecule has 0 aliphatic carbocycles. The Labute approximate surface area is 184 Å². The van der Waals surface area contributed by atoms with Crippen molar-refractivity contribution in [2.45, 2.75) is 19.4 Å². The number of ether oxygens (including phenoxy) is 2. The lowest BCUT2D eigenvalue weighted by atomic mass is 10.1.